The summed E-state index contributed by atoms with van der Waals surface area (Å²) in [6.07, 6.45) is 0.568. The second-order valence-corrected chi connectivity index (χ2v) is 4.95. The van der Waals surface area contributed by atoms with Crippen LogP contribution in [0.2, 0.25) is 0 Å². The van der Waals surface area contributed by atoms with Gasteiger partial charge in [-0.1, -0.05) is 13.8 Å². The summed E-state index contributed by atoms with van der Waals surface area (Å²) in [6.45, 7) is 6.34. The minimum absolute atomic E-state index is 0.184. The number of hydrogen-bond acceptors (Lipinski definition) is 3. The first-order chi connectivity index (χ1) is 8.50. The van der Waals surface area contributed by atoms with Crippen LogP contribution in [0, 0.1) is 11.8 Å². The Morgan fingerprint density at radius 1 is 1.33 bits per heavy atom. The number of nitrogens with zero attached hydrogens (tertiary/aromatic N) is 1. The highest BCUT2D eigenvalue weighted by atomic mass is 16.5. The summed E-state index contributed by atoms with van der Waals surface area (Å²) in [4.78, 5) is 24.5. The second kappa shape index (κ2) is 7.20. The molecule has 2 N–H and O–H groups in total. The number of nitrogens with one attached hydrogen (secondary N) is 1. The zero-order chi connectivity index (χ0) is 13.5. The van der Waals surface area contributed by atoms with Gasteiger partial charge in [-0.3, -0.25) is 4.79 Å². The molecule has 104 valence electrons. The van der Waals surface area contributed by atoms with Gasteiger partial charge in [0, 0.05) is 19.6 Å². The standard InChI is InChI=1S/C12H22N2O4/c1-9(2)7-10(11(15)16)8-13-12(17)14-3-5-18-6-4-14/h9-10H,3-8H2,1-2H3,(H,13,17)(H,15,16). The van der Waals surface area contributed by atoms with Crippen molar-refractivity contribution in [2.75, 3.05) is 32.8 Å². The van der Waals surface area contributed by atoms with Crippen molar-refractivity contribution in [2.45, 2.75) is 20.3 Å². The number of urea groups is 1. The zero-order valence-corrected chi connectivity index (χ0v) is 11.0. The molecule has 1 rings (SSSR count). The average Bonchev–Trinajstić information content (AvgIpc) is 2.34. The Morgan fingerprint density at radius 3 is 2.44 bits per heavy atom. The van der Waals surface area contributed by atoms with E-state index in [4.69, 9.17) is 9.84 Å². The number of amides is 2. The van der Waals surface area contributed by atoms with E-state index >= 15 is 0 Å². The molecular weight excluding hydrogens is 236 g/mol. The molecule has 0 radical (unpaired) electrons. The number of rotatable bonds is 5. The van der Waals surface area contributed by atoms with Gasteiger partial charge in [0.15, 0.2) is 0 Å². The van der Waals surface area contributed by atoms with Gasteiger partial charge in [0.2, 0.25) is 0 Å². The van der Waals surface area contributed by atoms with Crippen LogP contribution in [0.3, 0.4) is 0 Å². The van der Waals surface area contributed by atoms with Crippen molar-refractivity contribution in [1.29, 1.82) is 0 Å². The Morgan fingerprint density at radius 2 is 1.94 bits per heavy atom. The highest BCUT2D eigenvalue weighted by molar-refractivity contribution is 5.76. The maximum absolute atomic E-state index is 11.8. The van der Waals surface area contributed by atoms with Crippen molar-refractivity contribution in [3.05, 3.63) is 0 Å². The summed E-state index contributed by atoms with van der Waals surface area (Å²) in [6, 6.07) is -0.201. The minimum atomic E-state index is -0.856. The van der Waals surface area contributed by atoms with Gasteiger partial charge in [0.05, 0.1) is 19.1 Å². The molecule has 1 atom stereocenters. The minimum Gasteiger partial charge on any atom is -0.481 e. The molecule has 0 saturated carbocycles. The summed E-state index contributed by atoms with van der Waals surface area (Å²) in [5, 5.41) is 11.8. The number of carbonyl (C=O) groups is 2. The molecule has 0 aromatic carbocycles. The lowest BCUT2D eigenvalue weighted by Gasteiger charge is -2.27. The fourth-order valence-electron chi connectivity index (χ4n) is 1.93. The summed E-state index contributed by atoms with van der Waals surface area (Å²) in [7, 11) is 0. The van der Waals surface area contributed by atoms with Gasteiger partial charge in [-0.25, -0.2) is 4.79 Å². The first kappa shape index (κ1) is 14.8. The molecule has 1 heterocycles. The van der Waals surface area contributed by atoms with Crippen LogP contribution in [0.4, 0.5) is 4.79 Å². The molecule has 0 aromatic heterocycles. The van der Waals surface area contributed by atoms with Crippen LogP contribution in [-0.4, -0.2) is 54.9 Å². The largest absolute Gasteiger partial charge is 0.481 e. The monoisotopic (exact) mass is 258 g/mol. The van der Waals surface area contributed by atoms with Gasteiger partial charge in [-0.2, -0.15) is 0 Å². The first-order valence-electron chi connectivity index (χ1n) is 6.34. The summed E-state index contributed by atoms with van der Waals surface area (Å²) >= 11 is 0. The van der Waals surface area contributed by atoms with Crippen molar-refractivity contribution >= 4 is 12.0 Å². The van der Waals surface area contributed by atoms with Crippen LogP contribution in [-0.2, 0) is 9.53 Å². The molecule has 0 aromatic rings. The average molecular weight is 258 g/mol. The topological polar surface area (TPSA) is 78.9 Å². The number of morpholine rings is 1. The van der Waals surface area contributed by atoms with E-state index in [-0.39, 0.29) is 12.6 Å². The summed E-state index contributed by atoms with van der Waals surface area (Å²) in [5.41, 5.74) is 0. The molecule has 1 saturated heterocycles. The van der Waals surface area contributed by atoms with Crippen LogP contribution >= 0.6 is 0 Å². The Hall–Kier alpha value is -1.30. The fraction of sp³-hybridized carbons (Fsp3) is 0.833. The van der Waals surface area contributed by atoms with E-state index in [0.29, 0.717) is 38.6 Å². The van der Waals surface area contributed by atoms with E-state index in [2.05, 4.69) is 5.32 Å². The second-order valence-electron chi connectivity index (χ2n) is 4.95. The molecule has 6 nitrogen and oxygen atoms in total. The molecule has 1 aliphatic heterocycles. The fourth-order valence-corrected chi connectivity index (χ4v) is 1.93. The third-order valence-electron chi connectivity index (χ3n) is 2.90. The third-order valence-corrected chi connectivity index (χ3v) is 2.90. The van der Waals surface area contributed by atoms with E-state index in [1.165, 1.54) is 0 Å². The predicted octanol–water partition coefficient (Wildman–Crippen LogP) is 0.775. The Balaban J connectivity index is 2.36. The van der Waals surface area contributed by atoms with E-state index in [9.17, 15) is 9.59 Å². The lowest BCUT2D eigenvalue weighted by atomic mass is 9.97. The Kier molecular flexibility index (Phi) is 5.91. The van der Waals surface area contributed by atoms with Gasteiger partial charge in [-0.15, -0.1) is 0 Å². The molecule has 1 unspecified atom stereocenters. The molecular formula is C12H22N2O4. The Labute approximate surface area is 107 Å². The highest BCUT2D eigenvalue weighted by Crippen LogP contribution is 2.11. The molecule has 2 amide bonds. The van der Waals surface area contributed by atoms with Gasteiger partial charge in [-0.05, 0) is 12.3 Å². The van der Waals surface area contributed by atoms with Crippen LogP contribution in [0.15, 0.2) is 0 Å². The van der Waals surface area contributed by atoms with Gasteiger partial charge in [0.25, 0.3) is 0 Å². The maximum Gasteiger partial charge on any atom is 0.317 e. The van der Waals surface area contributed by atoms with E-state index in [1.54, 1.807) is 4.90 Å². The lowest BCUT2D eigenvalue weighted by molar-refractivity contribution is -0.142. The van der Waals surface area contributed by atoms with Crippen molar-refractivity contribution < 1.29 is 19.4 Å². The smallest absolute Gasteiger partial charge is 0.317 e. The maximum atomic E-state index is 11.8. The molecule has 0 spiro atoms. The van der Waals surface area contributed by atoms with Crippen LogP contribution in [0.1, 0.15) is 20.3 Å². The van der Waals surface area contributed by atoms with Crippen molar-refractivity contribution in [2.24, 2.45) is 11.8 Å². The van der Waals surface area contributed by atoms with Crippen molar-refractivity contribution in [1.82, 2.24) is 10.2 Å². The van der Waals surface area contributed by atoms with Crippen LogP contribution < -0.4 is 5.32 Å². The van der Waals surface area contributed by atoms with E-state index in [0.717, 1.165) is 0 Å². The predicted molar refractivity (Wildman–Crippen MR) is 66.4 cm³/mol. The summed E-state index contributed by atoms with van der Waals surface area (Å²) in [5.74, 6) is -1.08. The zero-order valence-electron chi connectivity index (χ0n) is 11.0. The van der Waals surface area contributed by atoms with E-state index < -0.39 is 11.9 Å². The van der Waals surface area contributed by atoms with Crippen LogP contribution in [0.5, 0.6) is 0 Å². The molecule has 1 fully saturated rings. The number of carbonyl (C=O) groups excluding carboxylic acids is 1. The lowest BCUT2D eigenvalue weighted by Crippen LogP contribution is -2.47. The highest BCUT2D eigenvalue weighted by Gasteiger charge is 2.22. The SMILES string of the molecule is CC(C)CC(CNC(=O)N1CCOCC1)C(=O)O. The van der Waals surface area contributed by atoms with E-state index in [1.807, 2.05) is 13.8 Å². The van der Waals surface area contributed by atoms with Gasteiger partial charge >= 0.3 is 12.0 Å². The molecule has 6 heteroatoms. The van der Waals surface area contributed by atoms with Crippen LogP contribution in [0.25, 0.3) is 0 Å². The Bertz CT molecular complexity index is 288. The quantitative estimate of drug-likeness (QED) is 0.763. The third kappa shape index (κ3) is 4.91. The van der Waals surface area contributed by atoms with Gasteiger partial charge in [0.1, 0.15) is 0 Å². The molecule has 0 aliphatic carbocycles. The number of ether oxygens (including phenoxy) is 1. The van der Waals surface area contributed by atoms with Crippen molar-refractivity contribution in [3.8, 4) is 0 Å². The number of carboxylic acids is 1. The number of hydrogen-bond donors (Lipinski definition) is 2. The molecule has 1 aliphatic rings. The summed E-state index contributed by atoms with van der Waals surface area (Å²) < 4.78 is 5.15. The van der Waals surface area contributed by atoms with Gasteiger partial charge < -0.3 is 20.1 Å². The number of carboxylic acid groups (broad SMARTS) is 1. The number of aliphatic carboxylic acids is 1. The van der Waals surface area contributed by atoms with Crippen molar-refractivity contribution in [3.63, 3.8) is 0 Å². The molecule has 18 heavy (non-hydrogen) atoms. The molecule has 0 bridgehead atoms. The first-order valence-corrected chi connectivity index (χ1v) is 6.34. The normalized spacial score (nSPS) is 17.6.